The Morgan fingerprint density at radius 1 is 0.769 bits per heavy atom. The molecule has 1 aliphatic heterocycles. The molecule has 0 bridgehead atoms. The first-order valence-corrected chi connectivity index (χ1v) is 8.55. The molecule has 0 fully saturated rings. The molecule has 0 spiro atoms. The number of hydrogen-bond acceptors (Lipinski definition) is 3. The van der Waals surface area contributed by atoms with Crippen molar-refractivity contribution in [3.05, 3.63) is 118 Å². The zero-order valence-electron chi connectivity index (χ0n) is 14.1. The van der Waals surface area contributed by atoms with E-state index >= 15 is 0 Å². The van der Waals surface area contributed by atoms with E-state index in [1.165, 1.54) is 11.1 Å². The summed E-state index contributed by atoms with van der Waals surface area (Å²) in [5, 5.41) is 10.9. The predicted molar refractivity (Wildman–Crippen MR) is 103 cm³/mol. The van der Waals surface area contributed by atoms with Gasteiger partial charge in [0, 0.05) is 29.9 Å². The van der Waals surface area contributed by atoms with Gasteiger partial charge in [-0.25, -0.2) is 0 Å². The minimum absolute atomic E-state index is 0.104. The molecule has 0 saturated heterocycles. The van der Waals surface area contributed by atoms with Crippen molar-refractivity contribution in [3.63, 3.8) is 0 Å². The quantitative estimate of drug-likeness (QED) is 0.467. The highest BCUT2D eigenvalue weighted by atomic mass is 16.6. The second kappa shape index (κ2) is 6.84. The van der Waals surface area contributed by atoms with E-state index in [4.69, 9.17) is 0 Å². The van der Waals surface area contributed by atoms with E-state index < -0.39 is 0 Å². The monoisotopic (exact) mass is 342 g/mol. The number of rotatable bonds is 4. The number of nitrogens with zero attached hydrogens (tertiary/aromatic N) is 2. The van der Waals surface area contributed by atoms with Crippen LogP contribution in [0.4, 0.5) is 11.4 Å². The minimum Gasteiger partial charge on any atom is -0.340 e. The fourth-order valence-electron chi connectivity index (χ4n) is 3.54. The fraction of sp³-hybridized carbons (Fsp3) is 0.0909. The summed E-state index contributed by atoms with van der Waals surface area (Å²) in [5.41, 5.74) is 3.51. The van der Waals surface area contributed by atoms with Gasteiger partial charge < -0.3 is 4.90 Å². The van der Waals surface area contributed by atoms with Crippen molar-refractivity contribution in [2.45, 2.75) is 12.0 Å². The van der Waals surface area contributed by atoms with Gasteiger partial charge in [0.15, 0.2) is 0 Å². The first-order valence-electron chi connectivity index (χ1n) is 8.55. The molecule has 1 aliphatic rings. The molecule has 128 valence electrons. The van der Waals surface area contributed by atoms with Crippen LogP contribution in [0.5, 0.6) is 0 Å². The van der Waals surface area contributed by atoms with Crippen molar-refractivity contribution >= 4 is 11.4 Å². The second-order valence-electron chi connectivity index (χ2n) is 6.31. The number of non-ortho nitro benzene ring substituents is 1. The fourth-order valence-corrected chi connectivity index (χ4v) is 3.54. The minimum atomic E-state index is -0.370. The van der Waals surface area contributed by atoms with Gasteiger partial charge in [0.05, 0.1) is 11.0 Å². The molecule has 0 aromatic heterocycles. The molecule has 0 saturated carbocycles. The topological polar surface area (TPSA) is 46.4 Å². The van der Waals surface area contributed by atoms with E-state index in [0.29, 0.717) is 0 Å². The highest BCUT2D eigenvalue weighted by molar-refractivity contribution is 5.58. The molecule has 1 heterocycles. The molecule has 0 aliphatic carbocycles. The molecular formula is C22H18N2O2. The van der Waals surface area contributed by atoms with Crippen LogP contribution >= 0.6 is 0 Å². The third-order valence-corrected chi connectivity index (χ3v) is 4.78. The van der Waals surface area contributed by atoms with Crippen LogP contribution in [-0.2, 0) is 0 Å². The maximum atomic E-state index is 10.9. The van der Waals surface area contributed by atoms with Crippen molar-refractivity contribution < 1.29 is 4.92 Å². The Balaban J connectivity index is 1.74. The van der Waals surface area contributed by atoms with Crippen LogP contribution in [-0.4, -0.2) is 4.92 Å². The molecule has 3 aromatic carbocycles. The van der Waals surface area contributed by atoms with Gasteiger partial charge in [-0.05, 0) is 23.3 Å². The largest absolute Gasteiger partial charge is 0.340 e. The van der Waals surface area contributed by atoms with Crippen LogP contribution in [0.15, 0.2) is 97.2 Å². The number of nitro benzene ring substituents is 1. The third-order valence-electron chi connectivity index (χ3n) is 4.78. The highest BCUT2D eigenvalue weighted by Gasteiger charge is 2.32. The SMILES string of the molecule is O=[N+]([O-])c1ccc(N2C=CC(c3ccccc3)C2c2ccccc2)cc1. The average Bonchev–Trinajstić information content (AvgIpc) is 3.14. The summed E-state index contributed by atoms with van der Waals surface area (Å²) in [6.45, 7) is 0. The maximum absolute atomic E-state index is 10.9. The van der Waals surface area contributed by atoms with E-state index in [0.717, 1.165) is 5.69 Å². The molecule has 0 amide bonds. The first-order chi connectivity index (χ1) is 12.7. The zero-order chi connectivity index (χ0) is 17.9. The molecular weight excluding hydrogens is 324 g/mol. The summed E-state index contributed by atoms with van der Waals surface area (Å²) in [6, 6.07) is 27.6. The summed E-state index contributed by atoms with van der Waals surface area (Å²) in [7, 11) is 0. The Kier molecular flexibility index (Phi) is 4.23. The standard InChI is InChI=1S/C22H18N2O2/c25-24(26)20-13-11-19(12-14-20)23-16-15-21(17-7-3-1-4-8-17)22(23)18-9-5-2-6-10-18/h1-16,21-22H. The van der Waals surface area contributed by atoms with Crippen LogP contribution in [0.3, 0.4) is 0 Å². The Morgan fingerprint density at radius 2 is 1.35 bits per heavy atom. The van der Waals surface area contributed by atoms with Crippen LogP contribution in [0.1, 0.15) is 23.1 Å². The lowest BCUT2D eigenvalue weighted by molar-refractivity contribution is -0.384. The molecule has 4 rings (SSSR count). The number of nitro groups is 1. The zero-order valence-corrected chi connectivity index (χ0v) is 14.1. The summed E-state index contributed by atoms with van der Waals surface area (Å²) in [5.74, 6) is 0.216. The molecule has 2 unspecified atom stereocenters. The van der Waals surface area contributed by atoms with Gasteiger partial charge in [-0.2, -0.15) is 0 Å². The van der Waals surface area contributed by atoms with Crippen molar-refractivity contribution in [2.75, 3.05) is 4.90 Å². The third kappa shape index (κ3) is 2.97. The molecule has 4 nitrogen and oxygen atoms in total. The van der Waals surface area contributed by atoms with Crippen LogP contribution < -0.4 is 4.90 Å². The van der Waals surface area contributed by atoms with Crippen molar-refractivity contribution in [1.29, 1.82) is 0 Å². The van der Waals surface area contributed by atoms with Gasteiger partial charge in [-0.3, -0.25) is 10.1 Å². The number of hydrogen-bond donors (Lipinski definition) is 0. The normalized spacial score (nSPS) is 18.8. The smallest absolute Gasteiger partial charge is 0.269 e. The Labute approximate surface area is 152 Å². The Hall–Kier alpha value is -3.40. The molecule has 4 heteroatoms. The van der Waals surface area contributed by atoms with Gasteiger partial charge in [0.2, 0.25) is 0 Å². The lowest BCUT2D eigenvalue weighted by Crippen LogP contribution is -2.23. The van der Waals surface area contributed by atoms with Gasteiger partial charge in [-0.1, -0.05) is 66.7 Å². The van der Waals surface area contributed by atoms with E-state index in [1.807, 2.05) is 36.4 Å². The Morgan fingerprint density at radius 3 is 1.92 bits per heavy atom. The van der Waals surface area contributed by atoms with Crippen molar-refractivity contribution in [1.82, 2.24) is 0 Å². The van der Waals surface area contributed by atoms with Gasteiger partial charge in [-0.15, -0.1) is 0 Å². The summed E-state index contributed by atoms with van der Waals surface area (Å²) in [6.07, 6.45) is 4.28. The Bertz CT molecular complexity index is 921. The first kappa shape index (κ1) is 16.1. The van der Waals surface area contributed by atoms with Crippen LogP contribution in [0.2, 0.25) is 0 Å². The maximum Gasteiger partial charge on any atom is 0.269 e. The summed E-state index contributed by atoms with van der Waals surface area (Å²) >= 11 is 0. The van der Waals surface area contributed by atoms with Gasteiger partial charge >= 0.3 is 0 Å². The number of anilines is 1. The number of benzene rings is 3. The van der Waals surface area contributed by atoms with Gasteiger partial charge in [0.1, 0.15) is 0 Å². The molecule has 3 aromatic rings. The van der Waals surface area contributed by atoms with Gasteiger partial charge in [0.25, 0.3) is 5.69 Å². The average molecular weight is 342 g/mol. The predicted octanol–water partition coefficient (Wildman–Crippen LogP) is 5.45. The van der Waals surface area contributed by atoms with Crippen molar-refractivity contribution in [2.24, 2.45) is 0 Å². The van der Waals surface area contributed by atoms with E-state index in [1.54, 1.807) is 12.1 Å². The summed E-state index contributed by atoms with van der Waals surface area (Å²) < 4.78 is 0. The lowest BCUT2D eigenvalue weighted by atomic mass is 9.88. The molecule has 0 N–H and O–H groups in total. The van der Waals surface area contributed by atoms with Crippen molar-refractivity contribution in [3.8, 4) is 0 Å². The van der Waals surface area contributed by atoms with Crippen LogP contribution in [0, 0.1) is 10.1 Å². The second-order valence-corrected chi connectivity index (χ2v) is 6.31. The molecule has 26 heavy (non-hydrogen) atoms. The van der Waals surface area contributed by atoms with E-state index in [-0.39, 0.29) is 22.6 Å². The highest BCUT2D eigenvalue weighted by Crippen LogP contribution is 2.44. The van der Waals surface area contributed by atoms with E-state index in [9.17, 15) is 10.1 Å². The summed E-state index contributed by atoms with van der Waals surface area (Å²) in [4.78, 5) is 12.8. The van der Waals surface area contributed by atoms with E-state index in [2.05, 4.69) is 53.6 Å². The molecule has 0 radical (unpaired) electrons. The molecule has 2 atom stereocenters. The lowest BCUT2D eigenvalue weighted by Gasteiger charge is -2.30. The van der Waals surface area contributed by atoms with Crippen LogP contribution in [0.25, 0.3) is 0 Å².